The van der Waals surface area contributed by atoms with Crippen molar-refractivity contribution in [3.63, 3.8) is 0 Å². The zero-order chi connectivity index (χ0) is 20.5. The number of ether oxygens (including phenoxy) is 2. The molecule has 3 rings (SSSR count). The summed E-state index contributed by atoms with van der Waals surface area (Å²) < 4.78 is 10.6. The maximum Gasteiger partial charge on any atom is 0.270 e. The topological polar surface area (TPSA) is 92.8 Å². The lowest BCUT2D eigenvalue weighted by Crippen LogP contribution is -2.41. The first-order valence-electron chi connectivity index (χ1n) is 9.63. The van der Waals surface area contributed by atoms with Crippen LogP contribution in [0.15, 0.2) is 42.5 Å². The van der Waals surface area contributed by atoms with Crippen molar-refractivity contribution in [2.45, 2.75) is 6.54 Å². The van der Waals surface area contributed by atoms with Crippen LogP contribution in [0.5, 0.6) is 5.75 Å². The zero-order valence-corrected chi connectivity index (χ0v) is 16.5. The van der Waals surface area contributed by atoms with Gasteiger partial charge in [-0.15, -0.1) is 0 Å². The third-order valence-electron chi connectivity index (χ3n) is 4.66. The van der Waals surface area contributed by atoms with Gasteiger partial charge in [-0.25, -0.2) is 4.98 Å². The van der Waals surface area contributed by atoms with Gasteiger partial charge in [-0.05, 0) is 18.2 Å². The van der Waals surface area contributed by atoms with Gasteiger partial charge in [0.05, 0.1) is 20.3 Å². The summed E-state index contributed by atoms with van der Waals surface area (Å²) in [6, 6.07) is 12.3. The second-order valence-corrected chi connectivity index (χ2v) is 6.61. The normalized spacial score (nSPS) is 14.2. The molecule has 1 saturated heterocycles. The summed E-state index contributed by atoms with van der Waals surface area (Å²) in [5, 5.41) is 5.66. The maximum absolute atomic E-state index is 12.4. The lowest BCUT2D eigenvalue weighted by atomic mass is 10.2. The molecular formula is C21H26N4O4. The second-order valence-electron chi connectivity index (χ2n) is 6.61. The molecule has 1 aromatic carbocycles. The Hall–Kier alpha value is -2.97. The van der Waals surface area contributed by atoms with Crippen LogP contribution < -0.4 is 15.4 Å². The molecule has 1 aliphatic rings. The number of benzene rings is 1. The summed E-state index contributed by atoms with van der Waals surface area (Å²) in [6.45, 7) is 4.77. The minimum atomic E-state index is -0.348. The maximum atomic E-state index is 12.4. The van der Waals surface area contributed by atoms with Crippen LogP contribution in [0.4, 0.5) is 0 Å². The quantitative estimate of drug-likeness (QED) is 0.691. The van der Waals surface area contributed by atoms with Gasteiger partial charge in [0.25, 0.3) is 11.8 Å². The fourth-order valence-electron chi connectivity index (χ4n) is 3.05. The molecule has 8 nitrogen and oxygen atoms in total. The van der Waals surface area contributed by atoms with Crippen molar-refractivity contribution in [2.24, 2.45) is 0 Å². The smallest absolute Gasteiger partial charge is 0.270 e. The van der Waals surface area contributed by atoms with Gasteiger partial charge in [-0.3, -0.25) is 14.5 Å². The average Bonchev–Trinajstić information content (AvgIpc) is 2.78. The average molecular weight is 398 g/mol. The van der Waals surface area contributed by atoms with Crippen LogP contribution in [0.3, 0.4) is 0 Å². The lowest BCUT2D eigenvalue weighted by molar-refractivity contribution is 0.0383. The summed E-state index contributed by atoms with van der Waals surface area (Å²) in [5.74, 6) is 0.0608. The molecule has 0 radical (unpaired) electrons. The second kappa shape index (κ2) is 10.5. The van der Waals surface area contributed by atoms with Crippen molar-refractivity contribution in [1.82, 2.24) is 20.5 Å². The van der Waals surface area contributed by atoms with Gasteiger partial charge in [0, 0.05) is 38.3 Å². The van der Waals surface area contributed by atoms with Gasteiger partial charge < -0.3 is 20.1 Å². The summed E-state index contributed by atoms with van der Waals surface area (Å²) in [6.07, 6.45) is 0. The number of nitrogens with zero attached hydrogens (tertiary/aromatic N) is 2. The van der Waals surface area contributed by atoms with Crippen LogP contribution in [0.25, 0.3) is 0 Å². The molecule has 0 atom stereocenters. The Morgan fingerprint density at radius 3 is 2.45 bits per heavy atom. The highest BCUT2D eigenvalue weighted by molar-refractivity contribution is 5.96. The Labute approximate surface area is 170 Å². The molecule has 0 bridgehead atoms. The molecule has 1 aliphatic heterocycles. The largest absolute Gasteiger partial charge is 0.496 e. The fraction of sp³-hybridized carbons (Fsp3) is 0.381. The molecule has 1 aromatic heterocycles. The molecule has 0 saturated carbocycles. The molecular weight excluding hydrogens is 372 g/mol. The zero-order valence-electron chi connectivity index (χ0n) is 16.5. The van der Waals surface area contributed by atoms with Crippen molar-refractivity contribution in [3.05, 3.63) is 59.4 Å². The number of rotatable bonds is 8. The first-order valence-corrected chi connectivity index (χ1v) is 9.63. The molecule has 0 spiro atoms. The number of methoxy groups -OCH3 is 1. The highest BCUT2D eigenvalue weighted by Crippen LogP contribution is 2.16. The van der Waals surface area contributed by atoms with E-state index in [4.69, 9.17) is 9.47 Å². The van der Waals surface area contributed by atoms with Crippen LogP contribution in [0, 0.1) is 0 Å². The standard InChI is InChI=1S/C21H26N4O4/c1-28-19-8-3-2-5-16(19)15-23-21(27)18-7-4-6-17(24-18)20(26)22-9-10-25-11-13-29-14-12-25/h2-8H,9-15H2,1H3,(H,22,26)(H,23,27). The van der Waals surface area contributed by atoms with Gasteiger partial charge in [0.15, 0.2) is 0 Å². The summed E-state index contributed by atoms with van der Waals surface area (Å²) in [5.41, 5.74) is 1.28. The van der Waals surface area contributed by atoms with Gasteiger partial charge >= 0.3 is 0 Å². The number of hydrogen-bond acceptors (Lipinski definition) is 6. The van der Waals surface area contributed by atoms with Gasteiger partial charge in [0.1, 0.15) is 17.1 Å². The van der Waals surface area contributed by atoms with Crippen molar-refractivity contribution in [1.29, 1.82) is 0 Å². The Morgan fingerprint density at radius 2 is 1.72 bits per heavy atom. The van der Waals surface area contributed by atoms with Crippen molar-refractivity contribution >= 4 is 11.8 Å². The van der Waals surface area contributed by atoms with Crippen LogP contribution >= 0.6 is 0 Å². The number of carbonyl (C=O) groups is 2. The summed E-state index contributed by atoms with van der Waals surface area (Å²) >= 11 is 0. The first kappa shape index (κ1) is 20.8. The van der Waals surface area contributed by atoms with Crippen LogP contribution in [0.2, 0.25) is 0 Å². The molecule has 2 aromatic rings. The van der Waals surface area contributed by atoms with Gasteiger partial charge in [-0.1, -0.05) is 24.3 Å². The Kier molecular flexibility index (Phi) is 7.54. The van der Waals surface area contributed by atoms with E-state index in [1.807, 2.05) is 24.3 Å². The van der Waals surface area contributed by atoms with Crippen LogP contribution in [0.1, 0.15) is 26.5 Å². The molecule has 8 heteroatoms. The number of para-hydroxylation sites is 1. The van der Waals surface area contributed by atoms with Crippen molar-refractivity contribution < 1.29 is 19.1 Å². The van der Waals surface area contributed by atoms with E-state index >= 15 is 0 Å². The monoisotopic (exact) mass is 398 g/mol. The number of amides is 2. The van der Waals surface area contributed by atoms with E-state index < -0.39 is 0 Å². The molecule has 2 amide bonds. The predicted octanol–water partition coefficient (Wildman–Crippen LogP) is 1.08. The van der Waals surface area contributed by atoms with Crippen LogP contribution in [-0.4, -0.2) is 68.2 Å². The van der Waals surface area contributed by atoms with E-state index in [0.717, 1.165) is 38.4 Å². The molecule has 0 aliphatic carbocycles. The van der Waals surface area contributed by atoms with Crippen molar-refractivity contribution in [3.8, 4) is 5.75 Å². The Balaban J connectivity index is 1.52. The third kappa shape index (κ3) is 6.00. The predicted molar refractivity (Wildman–Crippen MR) is 108 cm³/mol. The fourth-order valence-corrected chi connectivity index (χ4v) is 3.05. The third-order valence-corrected chi connectivity index (χ3v) is 4.66. The molecule has 154 valence electrons. The first-order chi connectivity index (χ1) is 14.2. The van der Waals surface area contributed by atoms with E-state index in [-0.39, 0.29) is 23.2 Å². The summed E-state index contributed by atoms with van der Waals surface area (Å²) in [4.78, 5) is 31.2. The van der Waals surface area contributed by atoms with E-state index in [1.165, 1.54) is 0 Å². The van der Waals surface area contributed by atoms with Crippen LogP contribution in [-0.2, 0) is 11.3 Å². The number of morpholine rings is 1. The van der Waals surface area contributed by atoms with Gasteiger partial charge in [-0.2, -0.15) is 0 Å². The SMILES string of the molecule is COc1ccccc1CNC(=O)c1cccc(C(=O)NCCN2CCOCC2)n1. The minimum Gasteiger partial charge on any atom is -0.496 e. The number of pyridine rings is 1. The minimum absolute atomic E-state index is 0.195. The van der Waals surface area contributed by atoms with E-state index in [2.05, 4.69) is 20.5 Å². The van der Waals surface area contributed by atoms with Crippen molar-refractivity contribution in [2.75, 3.05) is 46.5 Å². The van der Waals surface area contributed by atoms with E-state index in [1.54, 1.807) is 25.3 Å². The summed E-state index contributed by atoms with van der Waals surface area (Å²) in [7, 11) is 1.59. The number of carbonyl (C=O) groups excluding carboxylic acids is 2. The number of nitrogens with one attached hydrogen (secondary N) is 2. The Morgan fingerprint density at radius 1 is 1.03 bits per heavy atom. The van der Waals surface area contributed by atoms with E-state index in [9.17, 15) is 9.59 Å². The number of aromatic nitrogens is 1. The van der Waals surface area contributed by atoms with E-state index in [0.29, 0.717) is 18.8 Å². The molecule has 0 unspecified atom stereocenters. The number of hydrogen-bond donors (Lipinski definition) is 2. The van der Waals surface area contributed by atoms with Gasteiger partial charge in [0.2, 0.25) is 0 Å². The molecule has 1 fully saturated rings. The molecule has 2 N–H and O–H groups in total. The molecule has 2 heterocycles. The highest BCUT2D eigenvalue weighted by atomic mass is 16.5. The Bertz CT molecular complexity index is 837. The lowest BCUT2D eigenvalue weighted by Gasteiger charge is -2.26. The molecule has 29 heavy (non-hydrogen) atoms. The highest BCUT2D eigenvalue weighted by Gasteiger charge is 2.14.